The largest absolute Gasteiger partial charge is 0.469 e. The molecule has 1 aliphatic rings. The van der Waals surface area contributed by atoms with E-state index < -0.39 is 0 Å². The number of carbonyl (C=O) groups is 1. The van der Waals surface area contributed by atoms with E-state index >= 15 is 0 Å². The number of rotatable bonds is 9. The van der Waals surface area contributed by atoms with Gasteiger partial charge >= 0.3 is 6.09 Å². The summed E-state index contributed by atoms with van der Waals surface area (Å²) in [5, 5.41) is 6.98. The number of anilines is 1. The second-order valence-electron chi connectivity index (χ2n) is 7.97. The third-order valence-corrected chi connectivity index (χ3v) is 5.63. The number of nitrogens with one attached hydrogen (secondary N) is 2. The van der Waals surface area contributed by atoms with Crippen molar-refractivity contribution < 1.29 is 13.9 Å². The van der Waals surface area contributed by atoms with Gasteiger partial charge in [-0.3, -0.25) is 4.99 Å². The maximum atomic E-state index is 11.7. The number of halogens is 1. The van der Waals surface area contributed by atoms with Crippen molar-refractivity contribution in [1.29, 1.82) is 0 Å². The third kappa shape index (κ3) is 9.15. The zero-order valence-corrected chi connectivity index (χ0v) is 21.9. The predicted octanol–water partition coefficient (Wildman–Crippen LogP) is 3.73. The molecule has 0 unspecified atom stereocenters. The fourth-order valence-electron chi connectivity index (χ4n) is 3.75. The number of hydrogen-bond acceptors (Lipinski definition) is 5. The molecule has 0 atom stereocenters. The average molecular weight is 569 g/mol. The van der Waals surface area contributed by atoms with Crippen molar-refractivity contribution in [2.24, 2.45) is 4.99 Å². The molecule has 9 heteroatoms. The van der Waals surface area contributed by atoms with Crippen LogP contribution in [0.25, 0.3) is 0 Å². The number of ether oxygens (including phenoxy) is 1. The molecule has 1 aliphatic heterocycles. The minimum absolute atomic E-state index is 0. The zero-order valence-electron chi connectivity index (χ0n) is 19.5. The molecular weight excluding hydrogens is 533 g/mol. The van der Waals surface area contributed by atoms with E-state index in [2.05, 4.69) is 46.8 Å². The Kier molecular flexibility index (Phi) is 11.9. The number of methoxy groups -OCH3 is 1. The van der Waals surface area contributed by atoms with Gasteiger partial charge in [0, 0.05) is 57.9 Å². The summed E-state index contributed by atoms with van der Waals surface area (Å²) in [6, 6.07) is 14.5. The van der Waals surface area contributed by atoms with Crippen LogP contribution in [-0.2, 0) is 11.2 Å². The molecule has 2 aromatic rings. The maximum absolute atomic E-state index is 11.7. The van der Waals surface area contributed by atoms with Crippen LogP contribution in [0.5, 0.6) is 0 Å². The number of nitrogens with zero attached hydrogens (tertiary/aromatic N) is 3. The van der Waals surface area contributed by atoms with E-state index in [1.165, 1.54) is 12.8 Å². The van der Waals surface area contributed by atoms with Gasteiger partial charge in [0.05, 0.1) is 13.4 Å². The Balaban J connectivity index is 0.00000385. The van der Waals surface area contributed by atoms with E-state index in [1.54, 1.807) is 11.2 Å². The van der Waals surface area contributed by atoms with Gasteiger partial charge in [-0.2, -0.15) is 0 Å². The second-order valence-corrected chi connectivity index (χ2v) is 7.97. The highest BCUT2D eigenvalue weighted by atomic mass is 127. The van der Waals surface area contributed by atoms with Crippen molar-refractivity contribution in [2.75, 3.05) is 51.8 Å². The fraction of sp³-hybridized carbons (Fsp3) is 0.500. The Labute approximate surface area is 213 Å². The number of carbonyl (C=O) groups excluding carboxylic acids is 1. The van der Waals surface area contributed by atoms with Crippen LogP contribution >= 0.6 is 24.0 Å². The minimum atomic E-state index is -0.253. The van der Waals surface area contributed by atoms with Crippen LogP contribution in [0.15, 0.2) is 58.1 Å². The standard InChI is InChI=1S/C24H35N5O3.HI/c1-28(21-8-4-3-5-9-21)16-7-14-25-23(26-15-11-22-10-6-19-32-22)27-20-12-17-29(18-13-20)24(30)31-2;/h3-6,8-10,19-20H,7,11-18H2,1-2H3,(H2,25,26,27);1H. The topological polar surface area (TPSA) is 82.3 Å². The number of hydrogen-bond donors (Lipinski definition) is 2. The molecule has 0 aliphatic carbocycles. The number of furan rings is 1. The van der Waals surface area contributed by atoms with Gasteiger partial charge in [-0.25, -0.2) is 4.79 Å². The van der Waals surface area contributed by atoms with E-state index in [-0.39, 0.29) is 36.1 Å². The molecule has 3 rings (SSSR count). The number of amides is 1. The molecule has 8 nitrogen and oxygen atoms in total. The highest BCUT2D eigenvalue weighted by molar-refractivity contribution is 14.0. The van der Waals surface area contributed by atoms with Crippen LogP contribution in [0.1, 0.15) is 25.0 Å². The summed E-state index contributed by atoms with van der Waals surface area (Å²) in [4.78, 5) is 20.5. The predicted molar refractivity (Wildman–Crippen MR) is 143 cm³/mol. The molecular formula is C24H36IN5O3. The van der Waals surface area contributed by atoms with Crippen LogP contribution in [0, 0.1) is 0 Å². The van der Waals surface area contributed by atoms with E-state index in [0.29, 0.717) is 13.1 Å². The molecule has 0 saturated carbocycles. The minimum Gasteiger partial charge on any atom is -0.469 e. The monoisotopic (exact) mass is 569 g/mol. The molecule has 2 N–H and O–H groups in total. The number of piperidine rings is 1. The third-order valence-electron chi connectivity index (χ3n) is 5.63. The Hall–Kier alpha value is -2.43. The molecule has 0 spiro atoms. The Bertz CT molecular complexity index is 824. The quantitative estimate of drug-likeness (QED) is 0.207. The zero-order chi connectivity index (χ0) is 22.6. The summed E-state index contributed by atoms with van der Waals surface area (Å²) in [5.41, 5.74) is 1.21. The van der Waals surface area contributed by atoms with Crippen LogP contribution in [0.2, 0.25) is 0 Å². The van der Waals surface area contributed by atoms with E-state index in [9.17, 15) is 4.79 Å². The summed E-state index contributed by atoms with van der Waals surface area (Å²) in [6.07, 6.45) is 4.93. The first kappa shape index (κ1) is 26.8. The Morgan fingerprint density at radius 3 is 2.64 bits per heavy atom. The van der Waals surface area contributed by atoms with Gasteiger partial charge < -0.3 is 29.6 Å². The second kappa shape index (κ2) is 14.7. The van der Waals surface area contributed by atoms with Gasteiger partial charge in [0.1, 0.15) is 5.76 Å². The number of likely N-dealkylation sites (tertiary alicyclic amines) is 1. The fourth-order valence-corrected chi connectivity index (χ4v) is 3.75. The molecule has 1 aromatic carbocycles. The molecule has 0 bridgehead atoms. The van der Waals surface area contributed by atoms with Crippen molar-refractivity contribution in [3.8, 4) is 0 Å². The van der Waals surface area contributed by atoms with Crippen molar-refractivity contribution in [2.45, 2.75) is 31.7 Å². The SMILES string of the molecule is COC(=O)N1CCC(NC(=NCCCN(C)c2ccccc2)NCCc2ccco2)CC1.I. The van der Waals surface area contributed by atoms with E-state index in [4.69, 9.17) is 14.1 Å². The summed E-state index contributed by atoms with van der Waals surface area (Å²) < 4.78 is 10.3. The van der Waals surface area contributed by atoms with Gasteiger partial charge in [0.15, 0.2) is 5.96 Å². The first-order chi connectivity index (χ1) is 15.7. The van der Waals surface area contributed by atoms with E-state index in [1.807, 2.05) is 18.2 Å². The van der Waals surface area contributed by atoms with Crippen LogP contribution < -0.4 is 15.5 Å². The van der Waals surface area contributed by atoms with Crippen LogP contribution in [0.3, 0.4) is 0 Å². The number of guanidine groups is 1. The highest BCUT2D eigenvalue weighted by Crippen LogP contribution is 2.12. The van der Waals surface area contributed by atoms with Gasteiger partial charge in [-0.15, -0.1) is 24.0 Å². The number of para-hydroxylation sites is 1. The van der Waals surface area contributed by atoms with Crippen LogP contribution in [0.4, 0.5) is 10.5 Å². The summed E-state index contributed by atoms with van der Waals surface area (Å²) in [7, 11) is 3.53. The van der Waals surface area contributed by atoms with Gasteiger partial charge in [0.2, 0.25) is 0 Å². The smallest absolute Gasteiger partial charge is 0.409 e. The molecule has 0 radical (unpaired) electrons. The van der Waals surface area contributed by atoms with Crippen molar-refractivity contribution in [1.82, 2.24) is 15.5 Å². The molecule has 2 heterocycles. The first-order valence-corrected chi connectivity index (χ1v) is 11.3. The molecule has 1 aromatic heterocycles. The molecule has 33 heavy (non-hydrogen) atoms. The maximum Gasteiger partial charge on any atom is 0.409 e. The lowest BCUT2D eigenvalue weighted by Gasteiger charge is -2.32. The summed E-state index contributed by atoms with van der Waals surface area (Å²) in [5.74, 6) is 1.77. The molecule has 182 valence electrons. The number of benzene rings is 1. The molecule has 1 amide bonds. The van der Waals surface area contributed by atoms with Crippen LogP contribution in [-0.4, -0.2) is 69.9 Å². The number of aliphatic imine (C=N–C) groups is 1. The molecule has 1 saturated heterocycles. The van der Waals surface area contributed by atoms with Gasteiger partial charge in [-0.1, -0.05) is 18.2 Å². The average Bonchev–Trinajstić information content (AvgIpc) is 3.35. The Morgan fingerprint density at radius 1 is 1.21 bits per heavy atom. The lowest BCUT2D eigenvalue weighted by molar-refractivity contribution is 0.111. The van der Waals surface area contributed by atoms with Gasteiger partial charge in [-0.05, 0) is 43.5 Å². The lowest BCUT2D eigenvalue weighted by atomic mass is 10.1. The normalized spacial score (nSPS) is 14.4. The lowest BCUT2D eigenvalue weighted by Crippen LogP contribution is -2.50. The van der Waals surface area contributed by atoms with Crippen molar-refractivity contribution in [3.63, 3.8) is 0 Å². The first-order valence-electron chi connectivity index (χ1n) is 11.3. The van der Waals surface area contributed by atoms with Crippen molar-refractivity contribution >= 4 is 41.7 Å². The van der Waals surface area contributed by atoms with E-state index in [0.717, 1.165) is 57.0 Å². The summed E-state index contributed by atoms with van der Waals surface area (Å²) >= 11 is 0. The van der Waals surface area contributed by atoms with Crippen molar-refractivity contribution in [3.05, 3.63) is 54.5 Å². The Morgan fingerprint density at radius 2 is 1.97 bits per heavy atom. The van der Waals surface area contributed by atoms with Gasteiger partial charge in [0.25, 0.3) is 0 Å². The molecule has 1 fully saturated rings. The highest BCUT2D eigenvalue weighted by Gasteiger charge is 2.23. The summed E-state index contributed by atoms with van der Waals surface area (Å²) in [6.45, 7) is 3.78.